The van der Waals surface area contributed by atoms with E-state index < -0.39 is 5.97 Å². The van der Waals surface area contributed by atoms with Crippen LogP contribution in [0.15, 0.2) is 47.1 Å². The molecular weight excluding hydrogens is 446 g/mol. The molecule has 0 spiro atoms. The number of carboxylic acids is 1. The number of halogens is 2. The van der Waals surface area contributed by atoms with Gasteiger partial charge in [0.05, 0.1) is 47.6 Å². The van der Waals surface area contributed by atoms with Gasteiger partial charge in [0.2, 0.25) is 0 Å². The van der Waals surface area contributed by atoms with Crippen molar-refractivity contribution in [2.75, 3.05) is 36.5 Å². The maximum atomic E-state index is 11.7. The number of aromatic nitrogens is 1. The predicted molar refractivity (Wildman–Crippen MR) is 114 cm³/mol. The number of rotatable bonds is 4. The van der Waals surface area contributed by atoms with Crippen molar-refractivity contribution in [2.45, 2.75) is 0 Å². The minimum Gasteiger partial charge on any atom is -0.478 e. The van der Waals surface area contributed by atoms with Gasteiger partial charge in [0.15, 0.2) is 0 Å². The molecule has 0 bridgehead atoms. The molecule has 1 aliphatic rings. The molecule has 3 aromatic rings. The lowest BCUT2D eigenvalue weighted by Gasteiger charge is -2.31. The highest BCUT2D eigenvalue weighted by Crippen LogP contribution is 2.37. The van der Waals surface area contributed by atoms with Gasteiger partial charge >= 0.3 is 5.97 Å². The fourth-order valence-corrected chi connectivity index (χ4v) is 3.80. The number of nitrogens with one attached hydrogen (secondary N) is 1. The van der Waals surface area contributed by atoms with Gasteiger partial charge in [0, 0.05) is 28.0 Å². The molecule has 0 unspecified atom stereocenters. The molecule has 0 aliphatic carbocycles. The van der Waals surface area contributed by atoms with Crippen LogP contribution in [0.1, 0.15) is 10.4 Å². The Hall–Kier alpha value is -2.35. The number of hydrogen-bond acceptors (Lipinski definition) is 5. The molecule has 0 amide bonds. The number of nitrogens with zero attached hydrogens (tertiary/aromatic N) is 2. The number of pyridine rings is 1. The highest BCUT2D eigenvalue weighted by atomic mass is 79.9. The molecule has 0 saturated carbocycles. The molecule has 2 heterocycles. The summed E-state index contributed by atoms with van der Waals surface area (Å²) in [7, 11) is 0. The Balaban J connectivity index is 1.88. The van der Waals surface area contributed by atoms with Crippen molar-refractivity contribution >= 4 is 61.5 Å². The molecule has 0 radical (unpaired) electrons. The molecule has 1 aromatic heterocycles. The van der Waals surface area contributed by atoms with E-state index in [4.69, 9.17) is 16.3 Å². The molecule has 2 N–H and O–H groups in total. The number of benzene rings is 2. The number of ether oxygens (including phenoxy) is 1. The molecule has 28 heavy (non-hydrogen) atoms. The number of aromatic carboxylic acids is 1. The van der Waals surface area contributed by atoms with Crippen LogP contribution in [0.3, 0.4) is 0 Å². The SMILES string of the molecule is O=C(O)c1cc(Cl)ccc1Nc1c(N2CCOCC2)cnc2ccc(Br)cc12. The average molecular weight is 463 g/mol. The van der Waals surface area contributed by atoms with Gasteiger partial charge in [-0.3, -0.25) is 4.98 Å². The minimum absolute atomic E-state index is 0.111. The molecule has 8 heteroatoms. The first kappa shape index (κ1) is 19.0. The van der Waals surface area contributed by atoms with Gasteiger partial charge < -0.3 is 20.1 Å². The second kappa shape index (κ2) is 7.95. The normalized spacial score (nSPS) is 14.3. The van der Waals surface area contributed by atoms with E-state index in [0.29, 0.717) is 23.9 Å². The quantitative estimate of drug-likeness (QED) is 0.573. The Morgan fingerprint density at radius 2 is 2.00 bits per heavy atom. The van der Waals surface area contributed by atoms with Crippen LogP contribution in [-0.2, 0) is 4.74 Å². The lowest BCUT2D eigenvalue weighted by Crippen LogP contribution is -2.36. The second-order valence-electron chi connectivity index (χ2n) is 6.40. The highest BCUT2D eigenvalue weighted by Gasteiger charge is 2.20. The van der Waals surface area contributed by atoms with E-state index in [0.717, 1.165) is 39.8 Å². The van der Waals surface area contributed by atoms with E-state index in [1.807, 2.05) is 24.4 Å². The number of fused-ring (bicyclic) bond motifs is 1. The first-order valence-electron chi connectivity index (χ1n) is 8.74. The summed E-state index contributed by atoms with van der Waals surface area (Å²) >= 11 is 9.52. The molecular formula is C20H17BrClN3O3. The number of anilines is 3. The summed E-state index contributed by atoms with van der Waals surface area (Å²) in [6.07, 6.45) is 1.82. The Morgan fingerprint density at radius 1 is 1.21 bits per heavy atom. The van der Waals surface area contributed by atoms with Gasteiger partial charge in [0.25, 0.3) is 0 Å². The standard InChI is InChI=1S/C20H17BrClN3O3/c21-12-1-3-16-14(9-12)19(18(11-23-16)25-5-7-28-8-6-25)24-17-4-2-13(22)10-15(17)20(26)27/h1-4,9-11H,5-8H2,(H,23,24)(H,26,27). The predicted octanol–water partition coefficient (Wildman–Crippen LogP) is 4.93. The largest absolute Gasteiger partial charge is 0.478 e. The lowest BCUT2D eigenvalue weighted by atomic mass is 10.1. The van der Waals surface area contributed by atoms with Gasteiger partial charge in [-0.05, 0) is 36.4 Å². The van der Waals surface area contributed by atoms with Crippen molar-refractivity contribution in [1.29, 1.82) is 0 Å². The zero-order valence-electron chi connectivity index (χ0n) is 14.8. The van der Waals surface area contributed by atoms with Gasteiger partial charge in [-0.1, -0.05) is 27.5 Å². The molecule has 0 atom stereocenters. The molecule has 1 aliphatic heterocycles. The van der Waals surface area contributed by atoms with Crippen LogP contribution in [0.25, 0.3) is 10.9 Å². The van der Waals surface area contributed by atoms with Crippen LogP contribution in [0.5, 0.6) is 0 Å². The summed E-state index contributed by atoms with van der Waals surface area (Å²) in [5.41, 5.74) is 3.10. The number of carbonyl (C=O) groups is 1. The Bertz CT molecular complexity index is 1050. The maximum absolute atomic E-state index is 11.7. The Kier molecular flexibility index (Phi) is 5.39. The summed E-state index contributed by atoms with van der Waals surface area (Å²) < 4.78 is 6.38. The van der Waals surface area contributed by atoms with Crippen LogP contribution in [0.2, 0.25) is 5.02 Å². The molecule has 144 valence electrons. The highest BCUT2D eigenvalue weighted by molar-refractivity contribution is 9.10. The Morgan fingerprint density at radius 3 is 2.75 bits per heavy atom. The lowest BCUT2D eigenvalue weighted by molar-refractivity contribution is 0.0698. The summed E-state index contributed by atoms with van der Waals surface area (Å²) in [5, 5.41) is 14.2. The van der Waals surface area contributed by atoms with Crippen molar-refractivity contribution in [2.24, 2.45) is 0 Å². The van der Waals surface area contributed by atoms with Gasteiger partial charge in [-0.2, -0.15) is 0 Å². The third-order valence-electron chi connectivity index (χ3n) is 4.63. The smallest absolute Gasteiger partial charge is 0.337 e. The fourth-order valence-electron chi connectivity index (χ4n) is 3.27. The van der Waals surface area contributed by atoms with Gasteiger partial charge in [-0.15, -0.1) is 0 Å². The number of morpholine rings is 1. The molecule has 1 fully saturated rings. The summed E-state index contributed by atoms with van der Waals surface area (Å²) in [6.45, 7) is 2.75. The summed E-state index contributed by atoms with van der Waals surface area (Å²) in [5.74, 6) is -1.04. The van der Waals surface area contributed by atoms with E-state index in [2.05, 4.69) is 31.1 Å². The first-order valence-corrected chi connectivity index (χ1v) is 9.91. The average Bonchev–Trinajstić information content (AvgIpc) is 2.70. The molecule has 2 aromatic carbocycles. The Labute approximate surface area is 175 Å². The topological polar surface area (TPSA) is 74.7 Å². The van der Waals surface area contributed by atoms with Crippen molar-refractivity contribution in [3.8, 4) is 0 Å². The van der Waals surface area contributed by atoms with Crippen LogP contribution in [0, 0.1) is 0 Å². The fraction of sp³-hybridized carbons (Fsp3) is 0.200. The van der Waals surface area contributed by atoms with Crippen molar-refractivity contribution < 1.29 is 14.6 Å². The zero-order valence-corrected chi connectivity index (χ0v) is 17.1. The van der Waals surface area contributed by atoms with Gasteiger partial charge in [-0.25, -0.2) is 4.79 Å². The molecule has 1 saturated heterocycles. The van der Waals surface area contributed by atoms with Gasteiger partial charge in [0.1, 0.15) is 0 Å². The number of carboxylic acid groups (broad SMARTS) is 1. The van der Waals surface area contributed by atoms with Crippen LogP contribution in [-0.4, -0.2) is 42.4 Å². The number of hydrogen-bond donors (Lipinski definition) is 2. The minimum atomic E-state index is -1.04. The summed E-state index contributed by atoms with van der Waals surface area (Å²) in [6, 6.07) is 10.6. The van der Waals surface area contributed by atoms with Crippen LogP contribution >= 0.6 is 27.5 Å². The van der Waals surface area contributed by atoms with E-state index in [1.54, 1.807) is 12.1 Å². The van der Waals surface area contributed by atoms with E-state index in [-0.39, 0.29) is 5.56 Å². The molecule has 4 rings (SSSR count). The van der Waals surface area contributed by atoms with Crippen LogP contribution in [0.4, 0.5) is 17.1 Å². The third-order valence-corrected chi connectivity index (χ3v) is 5.36. The molecule has 6 nitrogen and oxygen atoms in total. The second-order valence-corrected chi connectivity index (χ2v) is 7.75. The van der Waals surface area contributed by atoms with E-state index in [9.17, 15) is 9.90 Å². The van der Waals surface area contributed by atoms with Crippen LogP contribution < -0.4 is 10.2 Å². The van der Waals surface area contributed by atoms with E-state index >= 15 is 0 Å². The van der Waals surface area contributed by atoms with Crippen molar-refractivity contribution in [1.82, 2.24) is 4.98 Å². The van der Waals surface area contributed by atoms with Crippen molar-refractivity contribution in [3.63, 3.8) is 0 Å². The maximum Gasteiger partial charge on any atom is 0.337 e. The van der Waals surface area contributed by atoms with E-state index in [1.165, 1.54) is 6.07 Å². The first-order chi connectivity index (χ1) is 13.5. The monoisotopic (exact) mass is 461 g/mol. The summed E-state index contributed by atoms with van der Waals surface area (Å²) in [4.78, 5) is 18.5. The third kappa shape index (κ3) is 3.78. The van der Waals surface area contributed by atoms with Crippen molar-refractivity contribution in [3.05, 3.63) is 57.7 Å². The zero-order chi connectivity index (χ0) is 19.7.